The molecule has 0 atom stereocenters. The third kappa shape index (κ3) is 2.83. The molecule has 5 nitrogen and oxygen atoms in total. The maximum Gasteiger partial charge on any atom is 0.225 e. The molecule has 1 aromatic rings. The molecule has 2 aliphatic rings. The first-order valence-electron chi connectivity index (χ1n) is 6.75. The van der Waals surface area contributed by atoms with E-state index in [0.29, 0.717) is 24.9 Å². The van der Waals surface area contributed by atoms with Crippen LogP contribution >= 0.6 is 0 Å². The Kier molecular flexibility index (Phi) is 3.31. The zero-order valence-corrected chi connectivity index (χ0v) is 10.8. The minimum Gasteiger partial charge on any atom is -0.341 e. The maximum absolute atomic E-state index is 12.8. The molecule has 2 fully saturated rings. The first-order valence-corrected chi connectivity index (χ1v) is 6.75. The van der Waals surface area contributed by atoms with Crippen molar-refractivity contribution in [3.8, 4) is 0 Å². The van der Waals surface area contributed by atoms with E-state index in [2.05, 4.69) is 9.97 Å². The van der Waals surface area contributed by atoms with Crippen molar-refractivity contribution in [3.05, 3.63) is 18.2 Å². The minimum absolute atomic E-state index is 0.272. The number of amides is 1. The van der Waals surface area contributed by atoms with Crippen LogP contribution in [-0.4, -0.2) is 47.0 Å². The van der Waals surface area contributed by atoms with Crippen LogP contribution in [0.25, 0.3) is 0 Å². The zero-order chi connectivity index (χ0) is 13.2. The van der Waals surface area contributed by atoms with Crippen LogP contribution in [0.2, 0.25) is 0 Å². The number of hydrogen-bond acceptors (Lipinski definition) is 4. The molecule has 2 heterocycles. The van der Waals surface area contributed by atoms with Gasteiger partial charge in [-0.15, -0.1) is 0 Å². The summed E-state index contributed by atoms with van der Waals surface area (Å²) >= 11 is 0. The third-order valence-electron chi connectivity index (χ3n) is 3.62. The molecule has 1 aliphatic heterocycles. The van der Waals surface area contributed by atoms with Gasteiger partial charge in [-0.2, -0.15) is 0 Å². The zero-order valence-electron chi connectivity index (χ0n) is 10.8. The summed E-state index contributed by atoms with van der Waals surface area (Å²) in [6.45, 7) is 3.02. The van der Waals surface area contributed by atoms with Gasteiger partial charge >= 0.3 is 0 Å². The standard InChI is InChI=1S/C13H17FN4O/c14-11-8-15-13(16-9-11)18-5-1-4-17(6-7-18)12(19)10-2-3-10/h8-10H,1-7H2. The molecule has 19 heavy (non-hydrogen) atoms. The fourth-order valence-electron chi connectivity index (χ4n) is 2.40. The Morgan fingerprint density at radius 1 is 1.16 bits per heavy atom. The van der Waals surface area contributed by atoms with Crippen LogP contribution in [-0.2, 0) is 4.79 Å². The Labute approximate surface area is 111 Å². The minimum atomic E-state index is -0.427. The quantitative estimate of drug-likeness (QED) is 0.801. The van der Waals surface area contributed by atoms with Crippen LogP contribution < -0.4 is 4.90 Å². The monoisotopic (exact) mass is 264 g/mol. The Bertz CT molecular complexity index is 460. The van der Waals surface area contributed by atoms with Crippen LogP contribution in [0.3, 0.4) is 0 Å². The number of nitrogens with zero attached hydrogens (tertiary/aromatic N) is 4. The molecule has 1 aromatic heterocycles. The predicted octanol–water partition coefficient (Wildman–Crippen LogP) is 1.06. The largest absolute Gasteiger partial charge is 0.341 e. The van der Waals surface area contributed by atoms with Crippen molar-refractivity contribution < 1.29 is 9.18 Å². The van der Waals surface area contributed by atoms with E-state index in [-0.39, 0.29) is 5.92 Å². The molecular formula is C13H17FN4O. The molecule has 0 aromatic carbocycles. The Morgan fingerprint density at radius 3 is 2.58 bits per heavy atom. The van der Waals surface area contributed by atoms with Gasteiger partial charge in [-0.1, -0.05) is 0 Å². The maximum atomic E-state index is 12.8. The molecule has 3 rings (SSSR count). The number of rotatable bonds is 2. The van der Waals surface area contributed by atoms with Gasteiger partial charge in [0.1, 0.15) is 0 Å². The van der Waals surface area contributed by atoms with Crippen LogP contribution in [0.4, 0.5) is 10.3 Å². The lowest BCUT2D eigenvalue weighted by molar-refractivity contribution is -0.132. The Hall–Kier alpha value is -1.72. The van der Waals surface area contributed by atoms with Crippen molar-refractivity contribution >= 4 is 11.9 Å². The van der Waals surface area contributed by atoms with E-state index >= 15 is 0 Å². The molecule has 0 N–H and O–H groups in total. The van der Waals surface area contributed by atoms with Gasteiger partial charge in [0.2, 0.25) is 11.9 Å². The number of hydrogen-bond donors (Lipinski definition) is 0. The van der Waals surface area contributed by atoms with E-state index in [9.17, 15) is 9.18 Å². The summed E-state index contributed by atoms with van der Waals surface area (Å²) in [5.41, 5.74) is 0. The third-order valence-corrected chi connectivity index (χ3v) is 3.62. The van der Waals surface area contributed by atoms with Crippen LogP contribution in [0.15, 0.2) is 12.4 Å². The molecule has 1 saturated heterocycles. The van der Waals surface area contributed by atoms with Crippen molar-refractivity contribution in [2.75, 3.05) is 31.1 Å². The summed E-state index contributed by atoms with van der Waals surface area (Å²) in [6, 6.07) is 0. The lowest BCUT2D eigenvalue weighted by atomic mass is 10.3. The van der Waals surface area contributed by atoms with Crippen LogP contribution in [0, 0.1) is 11.7 Å². The summed E-state index contributed by atoms with van der Waals surface area (Å²) in [5.74, 6) is 0.682. The summed E-state index contributed by atoms with van der Waals surface area (Å²) in [5, 5.41) is 0. The van der Waals surface area contributed by atoms with Gasteiger partial charge in [0.15, 0.2) is 5.82 Å². The van der Waals surface area contributed by atoms with Gasteiger partial charge in [-0.3, -0.25) is 4.79 Å². The Morgan fingerprint density at radius 2 is 1.89 bits per heavy atom. The number of carbonyl (C=O) groups excluding carboxylic acids is 1. The number of carbonyl (C=O) groups is 1. The molecule has 0 spiro atoms. The molecule has 0 radical (unpaired) electrons. The van der Waals surface area contributed by atoms with Crippen molar-refractivity contribution in [3.63, 3.8) is 0 Å². The average molecular weight is 264 g/mol. The van der Waals surface area contributed by atoms with Gasteiger partial charge in [-0.25, -0.2) is 14.4 Å². The molecule has 1 amide bonds. The number of halogens is 1. The molecule has 1 aliphatic carbocycles. The first-order chi connectivity index (χ1) is 9.24. The van der Waals surface area contributed by atoms with E-state index in [0.717, 1.165) is 32.4 Å². The Balaban J connectivity index is 1.63. The van der Waals surface area contributed by atoms with Crippen molar-refractivity contribution in [2.45, 2.75) is 19.3 Å². The van der Waals surface area contributed by atoms with E-state index < -0.39 is 5.82 Å². The van der Waals surface area contributed by atoms with E-state index in [4.69, 9.17) is 0 Å². The summed E-state index contributed by atoms with van der Waals surface area (Å²) < 4.78 is 12.8. The summed E-state index contributed by atoms with van der Waals surface area (Å²) in [6.07, 6.45) is 5.35. The van der Waals surface area contributed by atoms with E-state index in [1.54, 1.807) is 0 Å². The first kappa shape index (κ1) is 12.3. The van der Waals surface area contributed by atoms with Crippen molar-refractivity contribution in [1.29, 1.82) is 0 Å². The van der Waals surface area contributed by atoms with Crippen LogP contribution in [0.1, 0.15) is 19.3 Å². The van der Waals surface area contributed by atoms with Gasteiger partial charge in [0.25, 0.3) is 0 Å². The SMILES string of the molecule is O=C(C1CC1)N1CCCN(c2ncc(F)cn2)CC1. The van der Waals surface area contributed by atoms with Crippen LogP contribution in [0.5, 0.6) is 0 Å². The lowest BCUT2D eigenvalue weighted by Crippen LogP contribution is -2.36. The normalized spacial score (nSPS) is 20.3. The topological polar surface area (TPSA) is 49.3 Å². The second kappa shape index (κ2) is 5.11. The number of aromatic nitrogens is 2. The van der Waals surface area contributed by atoms with Crippen molar-refractivity contribution in [1.82, 2.24) is 14.9 Å². The van der Waals surface area contributed by atoms with Crippen molar-refractivity contribution in [2.24, 2.45) is 5.92 Å². The second-order valence-corrected chi connectivity index (χ2v) is 5.14. The smallest absolute Gasteiger partial charge is 0.225 e. The average Bonchev–Trinajstić information content (AvgIpc) is 3.26. The second-order valence-electron chi connectivity index (χ2n) is 5.14. The summed E-state index contributed by atoms with van der Waals surface area (Å²) in [4.78, 5) is 24.0. The highest BCUT2D eigenvalue weighted by molar-refractivity contribution is 5.81. The summed E-state index contributed by atoms with van der Waals surface area (Å²) in [7, 11) is 0. The van der Waals surface area contributed by atoms with Gasteiger partial charge < -0.3 is 9.80 Å². The molecule has 1 saturated carbocycles. The fraction of sp³-hybridized carbons (Fsp3) is 0.615. The number of anilines is 1. The molecule has 0 unspecified atom stereocenters. The van der Waals surface area contributed by atoms with E-state index in [1.165, 1.54) is 12.4 Å². The molecule has 6 heteroatoms. The van der Waals surface area contributed by atoms with Gasteiger partial charge in [0, 0.05) is 32.1 Å². The predicted molar refractivity (Wildman–Crippen MR) is 68.1 cm³/mol. The fourth-order valence-corrected chi connectivity index (χ4v) is 2.40. The molecular weight excluding hydrogens is 247 g/mol. The van der Waals surface area contributed by atoms with Gasteiger partial charge in [0.05, 0.1) is 12.4 Å². The van der Waals surface area contributed by atoms with E-state index in [1.807, 2.05) is 9.80 Å². The lowest BCUT2D eigenvalue weighted by Gasteiger charge is -2.22. The highest BCUT2D eigenvalue weighted by Gasteiger charge is 2.34. The highest BCUT2D eigenvalue weighted by Crippen LogP contribution is 2.31. The molecule has 102 valence electrons. The molecule has 0 bridgehead atoms. The van der Waals surface area contributed by atoms with Gasteiger partial charge in [-0.05, 0) is 19.3 Å². The highest BCUT2D eigenvalue weighted by atomic mass is 19.1.